The van der Waals surface area contributed by atoms with Crippen molar-refractivity contribution in [1.82, 2.24) is 24.9 Å². The predicted octanol–water partition coefficient (Wildman–Crippen LogP) is -0.135. The quantitative estimate of drug-likeness (QED) is 0.568. The Morgan fingerprint density at radius 3 is 2.36 bits per heavy atom. The molecule has 0 aliphatic carbocycles. The van der Waals surface area contributed by atoms with Crippen LogP contribution in [0.5, 0.6) is 11.5 Å². The first kappa shape index (κ1) is 17.8. The standard InChI is InChI=1S/C19H19N5O4/c1-19(2,3)16-11(21-8-22-16)7-13-18(26)23-12(17(25)24-13)6-10-15-14(4-5-20-10)27-9-28-15/h4-8H,9H2,1-3H3,(H,21,22)(H,23,26)(H,24,25). The number of hydrogen-bond acceptors (Lipinski definition) is 6. The largest absolute Gasteiger partial charge is 0.453 e. The van der Waals surface area contributed by atoms with Gasteiger partial charge in [0.2, 0.25) is 6.79 Å². The fourth-order valence-electron chi connectivity index (χ4n) is 2.94. The van der Waals surface area contributed by atoms with Gasteiger partial charge in [-0.3, -0.25) is 14.6 Å². The Labute approximate surface area is 158 Å². The lowest BCUT2D eigenvalue weighted by Gasteiger charge is -2.16. The number of hydrogen-bond donors (Lipinski definition) is 3. The molecule has 0 saturated carbocycles. The molecule has 144 valence electrons. The normalized spacial score (nSPS) is 14.7. The molecule has 0 fully saturated rings. The average molecular weight is 381 g/mol. The molecule has 0 aromatic carbocycles. The topological polar surface area (TPSA) is 126 Å². The molecule has 0 atom stereocenters. The van der Waals surface area contributed by atoms with Crippen LogP contribution in [0.3, 0.4) is 0 Å². The van der Waals surface area contributed by atoms with E-state index in [-0.39, 0.29) is 22.9 Å². The zero-order valence-corrected chi connectivity index (χ0v) is 15.6. The van der Waals surface area contributed by atoms with Crippen LogP contribution >= 0.6 is 0 Å². The molecule has 0 bridgehead atoms. The molecule has 1 aliphatic rings. The highest BCUT2D eigenvalue weighted by molar-refractivity contribution is 5.58. The third kappa shape index (κ3) is 3.22. The molecule has 0 unspecified atom stereocenters. The van der Waals surface area contributed by atoms with Gasteiger partial charge >= 0.3 is 0 Å². The van der Waals surface area contributed by atoms with E-state index in [4.69, 9.17) is 9.47 Å². The molecular weight excluding hydrogens is 362 g/mol. The lowest BCUT2D eigenvalue weighted by molar-refractivity contribution is 0.173. The van der Waals surface area contributed by atoms with Gasteiger partial charge < -0.3 is 24.4 Å². The van der Waals surface area contributed by atoms with Gasteiger partial charge in [0.05, 0.1) is 12.0 Å². The van der Waals surface area contributed by atoms with E-state index in [9.17, 15) is 9.59 Å². The number of imidazole rings is 1. The summed E-state index contributed by atoms with van der Waals surface area (Å²) in [6.07, 6.45) is 6.10. The van der Waals surface area contributed by atoms with E-state index in [0.29, 0.717) is 22.9 Å². The van der Waals surface area contributed by atoms with Gasteiger partial charge in [-0.25, -0.2) is 4.98 Å². The Bertz CT molecular complexity index is 1280. The minimum absolute atomic E-state index is 0.0663. The highest BCUT2D eigenvalue weighted by Crippen LogP contribution is 2.34. The Morgan fingerprint density at radius 2 is 1.68 bits per heavy atom. The molecule has 1 aliphatic heterocycles. The second kappa shape index (κ2) is 6.52. The van der Waals surface area contributed by atoms with E-state index in [2.05, 4.69) is 24.9 Å². The van der Waals surface area contributed by atoms with Crippen molar-refractivity contribution < 1.29 is 9.47 Å². The molecule has 4 rings (SSSR count). The van der Waals surface area contributed by atoms with Crippen LogP contribution in [0.1, 0.15) is 37.9 Å². The van der Waals surface area contributed by atoms with Crippen molar-refractivity contribution in [3.63, 3.8) is 0 Å². The maximum atomic E-state index is 12.5. The summed E-state index contributed by atoms with van der Waals surface area (Å²) in [5.74, 6) is 0.975. The summed E-state index contributed by atoms with van der Waals surface area (Å²) in [5, 5.41) is 0.183. The van der Waals surface area contributed by atoms with Crippen molar-refractivity contribution in [2.75, 3.05) is 6.79 Å². The zero-order valence-electron chi connectivity index (χ0n) is 15.6. The van der Waals surface area contributed by atoms with Gasteiger partial charge in [0.1, 0.15) is 16.4 Å². The summed E-state index contributed by atoms with van der Waals surface area (Å²) in [6.45, 7) is 6.17. The van der Waals surface area contributed by atoms with Crippen molar-refractivity contribution >= 4 is 12.2 Å². The minimum Gasteiger partial charge on any atom is -0.453 e. The van der Waals surface area contributed by atoms with Crippen molar-refractivity contribution in [3.8, 4) is 11.5 Å². The molecule has 0 saturated heterocycles. The summed E-state index contributed by atoms with van der Waals surface area (Å²) >= 11 is 0. The van der Waals surface area contributed by atoms with Crippen LogP contribution in [0.2, 0.25) is 0 Å². The minimum atomic E-state index is -0.461. The predicted molar refractivity (Wildman–Crippen MR) is 102 cm³/mol. The molecule has 9 heteroatoms. The number of aromatic amines is 3. The summed E-state index contributed by atoms with van der Waals surface area (Å²) < 4.78 is 10.7. The summed E-state index contributed by atoms with van der Waals surface area (Å²) in [7, 11) is 0. The van der Waals surface area contributed by atoms with Gasteiger partial charge in [-0.2, -0.15) is 0 Å². The van der Waals surface area contributed by atoms with E-state index < -0.39 is 11.1 Å². The molecule has 3 N–H and O–H groups in total. The fraction of sp³-hybridized carbons (Fsp3) is 0.263. The van der Waals surface area contributed by atoms with Crippen molar-refractivity contribution in [1.29, 1.82) is 0 Å². The average Bonchev–Trinajstić information content (AvgIpc) is 3.28. The van der Waals surface area contributed by atoms with Crippen LogP contribution in [0.4, 0.5) is 0 Å². The lowest BCUT2D eigenvalue weighted by atomic mass is 9.90. The van der Waals surface area contributed by atoms with E-state index >= 15 is 0 Å². The number of aromatic nitrogens is 5. The number of nitrogens with one attached hydrogen (secondary N) is 3. The maximum Gasteiger partial charge on any atom is 0.272 e. The van der Waals surface area contributed by atoms with Crippen LogP contribution in [-0.4, -0.2) is 31.7 Å². The highest BCUT2D eigenvalue weighted by Gasteiger charge is 2.19. The molecule has 0 radical (unpaired) electrons. The second-order valence-corrected chi connectivity index (χ2v) is 7.37. The number of rotatable bonds is 2. The van der Waals surface area contributed by atoms with Crippen molar-refractivity contribution in [2.24, 2.45) is 0 Å². The second-order valence-electron chi connectivity index (χ2n) is 7.37. The molecule has 0 amide bonds. The molecule has 4 heterocycles. The molecule has 28 heavy (non-hydrogen) atoms. The Balaban J connectivity index is 1.83. The van der Waals surface area contributed by atoms with Crippen LogP contribution in [0, 0.1) is 0 Å². The molecular formula is C19H19N5O4. The summed E-state index contributed by atoms with van der Waals surface area (Å²) in [4.78, 5) is 41.7. The van der Waals surface area contributed by atoms with Gasteiger partial charge in [0, 0.05) is 23.4 Å². The Kier molecular flexibility index (Phi) is 4.14. The number of fused-ring (bicyclic) bond motifs is 1. The van der Waals surface area contributed by atoms with Gasteiger partial charge in [0.15, 0.2) is 11.5 Å². The van der Waals surface area contributed by atoms with Gasteiger partial charge in [0.25, 0.3) is 11.1 Å². The third-order valence-electron chi connectivity index (χ3n) is 4.28. The van der Waals surface area contributed by atoms with Crippen molar-refractivity contribution in [2.45, 2.75) is 26.2 Å². The van der Waals surface area contributed by atoms with Gasteiger partial charge in [-0.05, 0) is 12.2 Å². The molecule has 3 aromatic rings. The molecule has 9 nitrogen and oxygen atoms in total. The highest BCUT2D eigenvalue weighted by atomic mass is 16.7. The SMILES string of the molecule is CC(C)(C)c1[nH]cnc1C=c1[nH]c(=O)c(=Cc2nccc3c2OCO3)[nH]c1=O. The van der Waals surface area contributed by atoms with E-state index in [0.717, 1.165) is 5.69 Å². The maximum absolute atomic E-state index is 12.5. The summed E-state index contributed by atoms with van der Waals surface area (Å²) in [5.41, 5.74) is 0.763. The zero-order chi connectivity index (χ0) is 19.9. The number of H-pyrrole nitrogens is 3. The van der Waals surface area contributed by atoms with E-state index in [1.165, 1.54) is 6.08 Å². The third-order valence-corrected chi connectivity index (χ3v) is 4.28. The lowest BCUT2D eigenvalue weighted by Crippen LogP contribution is -2.46. The first-order valence-electron chi connectivity index (χ1n) is 8.67. The molecule has 0 spiro atoms. The van der Waals surface area contributed by atoms with Crippen LogP contribution < -0.4 is 31.3 Å². The van der Waals surface area contributed by atoms with Crippen LogP contribution in [-0.2, 0) is 5.41 Å². The number of nitrogens with zero attached hydrogens (tertiary/aromatic N) is 2. The number of ether oxygens (including phenoxy) is 2. The first-order valence-corrected chi connectivity index (χ1v) is 8.67. The van der Waals surface area contributed by atoms with Crippen LogP contribution in [0.25, 0.3) is 12.2 Å². The Morgan fingerprint density at radius 1 is 1.00 bits per heavy atom. The number of pyridine rings is 1. The van der Waals surface area contributed by atoms with Crippen LogP contribution in [0.15, 0.2) is 28.2 Å². The van der Waals surface area contributed by atoms with E-state index in [1.54, 1.807) is 24.7 Å². The monoisotopic (exact) mass is 381 g/mol. The smallest absolute Gasteiger partial charge is 0.272 e. The van der Waals surface area contributed by atoms with Gasteiger partial charge in [-0.1, -0.05) is 20.8 Å². The molecule has 3 aromatic heterocycles. The summed E-state index contributed by atoms with van der Waals surface area (Å²) in [6, 6.07) is 1.67. The van der Waals surface area contributed by atoms with Gasteiger partial charge in [-0.15, -0.1) is 0 Å². The Hall–Kier alpha value is -3.62. The van der Waals surface area contributed by atoms with E-state index in [1.807, 2.05) is 20.8 Å². The first-order chi connectivity index (χ1) is 13.3. The fourth-order valence-corrected chi connectivity index (χ4v) is 2.94. The van der Waals surface area contributed by atoms with Crippen molar-refractivity contribution in [3.05, 3.63) is 67.1 Å².